The Kier molecular flexibility index (Phi) is 10.8. The third-order valence-corrected chi connectivity index (χ3v) is 4.35. The Labute approximate surface area is 153 Å². The molecule has 1 aromatic rings. The number of rotatable bonds is 13. The highest BCUT2D eigenvalue weighted by atomic mass is 16.5. The van der Waals surface area contributed by atoms with Crippen LogP contribution in [-0.4, -0.2) is 22.7 Å². The van der Waals surface area contributed by atoms with Crippen LogP contribution < -0.4 is 4.74 Å². The standard InChI is InChI=1S/C21H35NO3/c1-4-6-7-8-9-10-11-12-18(3)16-22(24)17-19-13-14-20(23)21(15-19)25-5-2/h13-16,18,23H,4-12,17H2,1-3H3. The minimum Gasteiger partial charge on any atom is -0.624 e. The fraction of sp³-hybridized carbons (Fsp3) is 0.667. The van der Waals surface area contributed by atoms with E-state index in [1.165, 1.54) is 44.9 Å². The average Bonchev–Trinajstić information content (AvgIpc) is 2.57. The summed E-state index contributed by atoms with van der Waals surface area (Å²) in [5.41, 5.74) is 0.843. The highest BCUT2D eigenvalue weighted by Crippen LogP contribution is 2.27. The zero-order valence-corrected chi connectivity index (χ0v) is 16.2. The lowest BCUT2D eigenvalue weighted by atomic mass is 10.0. The molecule has 4 heteroatoms. The van der Waals surface area contributed by atoms with E-state index in [0.29, 0.717) is 12.4 Å². The predicted octanol–water partition coefficient (Wildman–Crippen LogP) is 5.65. The summed E-state index contributed by atoms with van der Waals surface area (Å²) in [5.74, 6) is 0.834. The third-order valence-electron chi connectivity index (χ3n) is 4.35. The van der Waals surface area contributed by atoms with E-state index in [9.17, 15) is 10.3 Å². The second kappa shape index (κ2) is 12.6. The van der Waals surface area contributed by atoms with Gasteiger partial charge in [0, 0.05) is 11.5 Å². The molecular formula is C21H35NO3. The Morgan fingerprint density at radius 3 is 2.48 bits per heavy atom. The van der Waals surface area contributed by atoms with Crippen molar-refractivity contribution >= 4 is 6.21 Å². The lowest BCUT2D eigenvalue weighted by Crippen LogP contribution is -2.10. The Morgan fingerprint density at radius 2 is 1.80 bits per heavy atom. The van der Waals surface area contributed by atoms with Crippen LogP contribution in [0.3, 0.4) is 0 Å². The highest BCUT2D eigenvalue weighted by Gasteiger charge is 2.08. The Hall–Kier alpha value is -1.71. The number of phenolic OH excluding ortho intramolecular Hbond substituents is 1. The second-order valence-corrected chi connectivity index (χ2v) is 6.85. The zero-order chi connectivity index (χ0) is 18.5. The van der Waals surface area contributed by atoms with Gasteiger partial charge in [0.15, 0.2) is 24.3 Å². The van der Waals surface area contributed by atoms with Crippen LogP contribution in [0.4, 0.5) is 0 Å². The quantitative estimate of drug-likeness (QED) is 0.165. The van der Waals surface area contributed by atoms with Gasteiger partial charge < -0.3 is 15.1 Å². The molecule has 0 aliphatic rings. The number of unbranched alkanes of at least 4 members (excludes halogenated alkanes) is 6. The maximum atomic E-state index is 12.1. The molecule has 0 radical (unpaired) electrons. The van der Waals surface area contributed by atoms with E-state index < -0.39 is 0 Å². The first-order chi connectivity index (χ1) is 12.1. The van der Waals surface area contributed by atoms with E-state index in [4.69, 9.17) is 4.74 Å². The molecule has 4 nitrogen and oxygen atoms in total. The van der Waals surface area contributed by atoms with Crippen LogP contribution >= 0.6 is 0 Å². The number of benzene rings is 1. The van der Waals surface area contributed by atoms with Crippen molar-refractivity contribution in [3.8, 4) is 11.5 Å². The first-order valence-corrected chi connectivity index (χ1v) is 9.80. The first-order valence-electron chi connectivity index (χ1n) is 9.80. The van der Waals surface area contributed by atoms with Gasteiger partial charge >= 0.3 is 0 Å². The summed E-state index contributed by atoms with van der Waals surface area (Å²) in [6.45, 7) is 6.97. The molecule has 25 heavy (non-hydrogen) atoms. The summed E-state index contributed by atoms with van der Waals surface area (Å²) in [4.78, 5) is 0. The van der Waals surface area contributed by atoms with E-state index in [1.54, 1.807) is 24.4 Å². The van der Waals surface area contributed by atoms with Crippen LogP contribution in [0, 0.1) is 11.1 Å². The van der Waals surface area contributed by atoms with Crippen LogP contribution in [0.5, 0.6) is 11.5 Å². The van der Waals surface area contributed by atoms with Crippen molar-refractivity contribution in [3.63, 3.8) is 0 Å². The lowest BCUT2D eigenvalue weighted by molar-refractivity contribution is -0.472. The van der Waals surface area contributed by atoms with Gasteiger partial charge in [0.2, 0.25) is 0 Å². The third kappa shape index (κ3) is 9.37. The monoisotopic (exact) mass is 349 g/mol. The van der Waals surface area contributed by atoms with Crippen molar-refractivity contribution in [1.29, 1.82) is 0 Å². The minimum atomic E-state index is 0.110. The number of hydrogen-bond acceptors (Lipinski definition) is 3. The number of aromatic hydroxyl groups is 1. The molecule has 0 fully saturated rings. The van der Waals surface area contributed by atoms with Crippen LogP contribution in [-0.2, 0) is 6.54 Å². The van der Waals surface area contributed by atoms with Gasteiger partial charge in [0.1, 0.15) is 0 Å². The molecular weight excluding hydrogens is 314 g/mol. The van der Waals surface area contributed by atoms with Crippen molar-refractivity contribution in [3.05, 3.63) is 29.0 Å². The number of ether oxygens (including phenoxy) is 1. The zero-order valence-electron chi connectivity index (χ0n) is 16.2. The van der Waals surface area contributed by atoms with Gasteiger partial charge in [-0.2, -0.15) is 0 Å². The second-order valence-electron chi connectivity index (χ2n) is 6.85. The first kappa shape index (κ1) is 21.3. The summed E-state index contributed by atoms with van der Waals surface area (Å²) in [6.07, 6.45) is 11.9. The van der Waals surface area contributed by atoms with E-state index in [-0.39, 0.29) is 18.2 Å². The molecule has 1 unspecified atom stereocenters. The molecule has 0 saturated heterocycles. The molecule has 0 heterocycles. The topological polar surface area (TPSA) is 55.5 Å². The van der Waals surface area contributed by atoms with Crippen LogP contribution in [0.15, 0.2) is 18.2 Å². The van der Waals surface area contributed by atoms with Gasteiger partial charge in [-0.25, -0.2) is 4.74 Å². The summed E-state index contributed by atoms with van der Waals surface area (Å²) in [5, 5.41) is 21.9. The predicted molar refractivity (Wildman–Crippen MR) is 104 cm³/mol. The Balaban J connectivity index is 2.35. The van der Waals surface area contributed by atoms with Crippen molar-refractivity contribution in [2.75, 3.05) is 6.61 Å². The van der Waals surface area contributed by atoms with Crippen molar-refractivity contribution in [2.45, 2.75) is 78.7 Å². The van der Waals surface area contributed by atoms with Crippen LogP contribution in [0.2, 0.25) is 0 Å². The lowest BCUT2D eigenvalue weighted by Gasteiger charge is -2.10. The summed E-state index contributed by atoms with van der Waals surface area (Å²) in [7, 11) is 0. The number of nitrogens with zero attached hydrogens (tertiary/aromatic N) is 1. The molecule has 1 N–H and O–H groups in total. The minimum absolute atomic E-state index is 0.110. The molecule has 1 aromatic carbocycles. The summed E-state index contributed by atoms with van der Waals surface area (Å²) < 4.78 is 6.35. The molecule has 0 amide bonds. The fourth-order valence-corrected chi connectivity index (χ4v) is 2.94. The summed E-state index contributed by atoms with van der Waals surface area (Å²) >= 11 is 0. The van der Waals surface area contributed by atoms with Crippen molar-refractivity contribution in [1.82, 2.24) is 0 Å². The Bertz CT molecular complexity index is 514. The average molecular weight is 350 g/mol. The van der Waals surface area contributed by atoms with Gasteiger partial charge in [-0.05, 0) is 31.5 Å². The van der Waals surface area contributed by atoms with Gasteiger partial charge in [0.05, 0.1) is 6.61 Å². The largest absolute Gasteiger partial charge is 0.624 e. The molecule has 0 bridgehead atoms. The van der Waals surface area contributed by atoms with E-state index in [0.717, 1.165) is 16.7 Å². The number of hydrogen-bond donors (Lipinski definition) is 1. The smallest absolute Gasteiger partial charge is 0.178 e. The molecule has 0 aliphatic heterocycles. The SMILES string of the molecule is CCCCCCCCCC(C)C=[N+]([O-])Cc1ccc(O)c(OCC)c1. The van der Waals surface area contributed by atoms with E-state index in [1.807, 2.05) is 6.92 Å². The molecule has 1 atom stereocenters. The van der Waals surface area contributed by atoms with Crippen molar-refractivity contribution < 1.29 is 14.6 Å². The molecule has 0 saturated carbocycles. The molecule has 142 valence electrons. The van der Waals surface area contributed by atoms with E-state index in [2.05, 4.69) is 13.8 Å². The van der Waals surface area contributed by atoms with Gasteiger partial charge in [-0.3, -0.25) is 0 Å². The van der Waals surface area contributed by atoms with E-state index >= 15 is 0 Å². The van der Waals surface area contributed by atoms with Gasteiger partial charge in [-0.1, -0.05) is 58.8 Å². The molecule has 1 rings (SSSR count). The van der Waals surface area contributed by atoms with Gasteiger partial charge in [0.25, 0.3) is 0 Å². The molecule has 0 spiro atoms. The Morgan fingerprint density at radius 1 is 1.12 bits per heavy atom. The molecule has 0 aliphatic carbocycles. The van der Waals surface area contributed by atoms with Crippen LogP contribution in [0.25, 0.3) is 0 Å². The van der Waals surface area contributed by atoms with Crippen LogP contribution in [0.1, 0.15) is 77.7 Å². The molecule has 0 aromatic heterocycles. The van der Waals surface area contributed by atoms with Crippen molar-refractivity contribution in [2.24, 2.45) is 5.92 Å². The maximum Gasteiger partial charge on any atom is 0.178 e. The normalized spacial score (nSPS) is 13.0. The maximum absolute atomic E-state index is 12.1. The number of phenols is 1. The van der Waals surface area contributed by atoms with Gasteiger partial charge in [-0.15, -0.1) is 0 Å². The number of hydroxylamine groups is 1. The highest BCUT2D eigenvalue weighted by molar-refractivity contribution is 5.54. The fourth-order valence-electron chi connectivity index (χ4n) is 2.94. The summed E-state index contributed by atoms with van der Waals surface area (Å²) in [6, 6.07) is 5.08.